The molecule has 6 nitrogen and oxygen atoms in total. The molecule has 7 heteroatoms. The highest BCUT2D eigenvalue weighted by Gasteiger charge is 2.11. The van der Waals surface area contributed by atoms with Crippen molar-refractivity contribution >= 4 is 27.4 Å². The molecule has 0 atom stereocenters. The quantitative estimate of drug-likeness (QED) is 0.693. The summed E-state index contributed by atoms with van der Waals surface area (Å²) in [5.74, 6) is -0.405. The average Bonchev–Trinajstić information content (AvgIpc) is 2.60. The lowest BCUT2D eigenvalue weighted by atomic mass is 10.0. The number of rotatable bonds is 8. The van der Waals surface area contributed by atoms with Gasteiger partial charge in [0.2, 0.25) is 15.9 Å². The number of aryl methyl sites for hydroxylation is 1. The Morgan fingerprint density at radius 2 is 1.58 bits per heavy atom. The lowest BCUT2D eigenvalue weighted by Crippen LogP contribution is -2.14. The molecule has 0 unspecified atom stereocenters. The van der Waals surface area contributed by atoms with Crippen molar-refractivity contribution in [2.75, 3.05) is 5.32 Å². The smallest absolute Gasteiger partial charge is 0.238 e. The summed E-state index contributed by atoms with van der Waals surface area (Å²) in [5.41, 5.74) is 2.22. The lowest BCUT2D eigenvalue weighted by Gasteiger charge is -2.06. The summed E-state index contributed by atoms with van der Waals surface area (Å²) in [5, 5.41) is 7.64. The summed E-state index contributed by atoms with van der Waals surface area (Å²) in [6.45, 7) is 2.10. The average molecular weight is 374 g/mol. The van der Waals surface area contributed by atoms with Gasteiger partial charge in [0.25, 0.3) is 0 Å². The molecule has 0 aliphatic carbocycles. The van der Waals surface area contributed by atoms with Gasteiger partial charge in [-0.1, -0.05) is 37.6 Å². The van der Waals surface area contributed by atoms with Crippen LogP contribution in [0.3, 0.4) is 0 Å². The Kier molecular flexibility index (Phi) is 6.65. The number of nitrogens with two attached hydrogens (primary N) is 1. The van der Waals surface area contributed by atoms with Crippen LogP contribution in [-0.2, 0) is 21.2 Å². The second-order valence-corrected chi connectivity index (χ2v) is 7.55. The maximum absolute atomic E-state index is 12.2. The first-order chi connectivity index (χ1) is 12.3. The Hall–Kier alpha value is -2.51. The van der Waals surface area contributed by atoms with Crippen molar-refractivity contribution < 1.29 is 18.0 Å². The molecule has 0 bridgehead atoms. The SMILES string of the molecule is CCCc1ccc(C(=O)CCC(=O)Nc2ccc(S(N)(=O)=O)cc2)cc1. The first-order valence-electron chi connectivity index (χ1n) is 8.34. The minimum Gasteiger partial charge on any atom is -0.326 e. The van der Waals surface area contributed by atoms with Gasteiger partial charge in [-0.3, -0.25) is 9.59 Å². The fourth-order valence-electron chi connectivity index (χ4n) is 2.47. The third kappa shape index (κ3) is 5.79. The third-order valence-corrected chi connectivity index (χ3v) is 4.79. The van der Waals surface area contributed by atoms with Crippen LogP contribution in [0.25, 0.3) is 0 Å². The van der Waals surface area contributed by atoms with Gasteiger partial charge in [0, 0.05) is 24.1 Å². The van der Waals surface area contributed by atoms with Crippen molar-refractivity contribution in [1.82, 2.24) is 0 Å². The van der Waals surface area contributed by atoms with E-state index in [1.807, 2.05) is 12.1 Å². The van der Waals surface area contributed by atoms with Crippen molar-refractivity contribution in [2.45, 2.75) is 37.5 Å². The van der Waals surface area contributed by atoms with Crippen LogP contribution in [0, 0.1) is 0 Å². The Balaban J connectivity index is 1.87. The molecule has 1 amide bonds. The summed E-state index contributed by atoms with van der Waals surface area (Å²) in [4.78, 5) is 24.1. The molecule has 0 heterocycles. The minimum absolute atomic E-state index is 0.0304. The molecule has 0 aromatic heterocycles. The Bertz CT molecular complexity index is 873. The summed E-state index contributed by atoms with van der Waals surface area (Å²) >= 11 is 0. The molecule has 2 aromatic rings. The summed E-state index contributed by atoms with van der Waals surface area (Å²) in [7, 11) is -3.76. The van der Waals surface area contributed by atoms with Gasteiger partial charge in [-0.05, 0) is 36.2 Å². The van der Waals surface area contributed by atoms with Crippen LogP contribution in [0.1, 0.15) is 42.1 Å². The number of benzene rings is 2. The van der Waals surface area contributed by atoms with E-state index in [0.29, 0.717) is 11.3 Å². The van der Waals surface area contributed by atoms with Crippen LogP contribution in [0.5, 0.6) is 0 Å². The van der Waals surface area contributed by atoms with Gasteiger partial charge in [0.1, 0.15) is 0 Å². The van der Waals surface area contributed by atoms with E-state index in [1.165, 1.54) is 29.8 Å². The van der Waals surface area contributed by atoms with E-state index < -0.39 is 10.0 Å². The predicted octanol–water partition coefficient (Wildman–Crippen LogP) is 2.89. The number of primary sulfonamides is 1. The number of nitrogens with one attached hydrogen (secondary N) is 1. The standard InChI is InChI=1S/C19H22N2O4S/c1-2-3-14-4-6-15(7-5-14)18(22)12-13-19(23)21-16-8-10-17(11-9-16)26(20,24)25/h4-11H,2-3,12-13H2,1H3,(H,21,23)(H2,20,24,25). The molecule has 2 rings (SSSR count). The zero-order chi connectivity index (χ0) is 19.2. The third-order valence-electron chi connectivity index (χ3n) is 3.86. The highest BCUT2D eigenvalue weighted by Crippen LogP contribution is 2.14. The second-order valence-electron chi connectivity index (χ2n) is 5.99. The van der Waals surface area contributed by atoms with Gasteiger partial charge >= 0.3 is 0 Å². The van der Waals surface area contributed by atoms with E-state index >= 15 is 0 Å². The number of hydrogen-bond donors (Lipinski definition) is 2. The number of Topliss-reactive ketones (excluding diaryl/α,β-unsaturated/α-hetero) is 1. The number of ketones is 1. The van der Waals surface area contributed by atoms with Crippen molar-refractivity contribution in [3.05, 3.63) is 59.7 Å². The molecule has 138 valence electrons. The first-order valence-corrected chi connectivity index (χ1v) is 9.89. The molecule has 0 spiro atoms. The maximum atomic E-state index is 12.2. The van der Waals surface area contributed by atoms with E-state index in [9.17, 15) is 18.0 Å². The highest BCUT2D eigenvalue weighted by atomic mass is 32.2. The number of carbonyl (C=O) groups is 2. The van der Waals surface area contributed by atoms with Crippen LogP contribution >= 0.6 is 0 Å². The Labute approximate surface area is 153 Å². The molecule has 3 N–H and O–H groups in total. The Morgan fingerprint density at radius 3 is 2.12 bits per heavy atom. The Morgan fingerprint density at radius 1 is 0.962 bits per heavy atom. The van der Waals surface area contributed by atoms with E-state index in [2.05, 4.69) is 12.2 Å². The van der Waals surface area contributed by atoms with E-state index in [0.717, 1.165) is 12.8 Å². The molecule has 0 radical (unpaired) electrons. The normalized spacial score (nSPS) is 11.2. The maximum Gasteiger partial charge on any atom is 0.238 e. The fraction of sp³-hybridized carbons (Fsp3) is 0.263. The predicted molar refractivity (Wildman–Crippen MR) is 100 cm³/mol. The minimum atomic E-state index is -3.76. The second kappa shape index (κ2) is 8.73. The van der Waals surface area contributed by atoms with Gasteiger partial charge in [-0.15, -0.1) is 0 Å². The molecule has 0 saturated carbocycles. The fourth-order valence-corrected chi connectivity index (χ4v) is 2.98. The van der Waals surface area contributed by atoms with Crippen molar-refractivity contribution in [2.24, 2.45) is 5.14 Å². The van der Waals surface area contributed by atoms with E-state index in [4.69, 9.17) is 5.14 Å². The number of amides is 1. The van der Waals surface area contributed by atoms with Crippen molar-refractivity contribution in [3.8, 4) is 0 Å². The molecule has 26 heavy (non-hydrogen) atoms. The summed E-state index contributed by atoms with van der Waals surface area (Å²) in [6, 6.07) is 13.0. The van der Waals surface area contributed by atoms with Gasteiger partial charge in [-0.25, -0.2) is 13.6 Å². The van der Waals surface area contributed by atoms with Gasteiger partial charge in [0.15, 0.2) is 5.78 Å². The molecule has 2 aromatic carbocycles. The molecular weight excluding hydrogens is 352 g/mol. The van der Waals surface area contributed by atoms with Crippen molar-refractivity contribution in [1.29, 1.82) is 0 Å². The highest BCUT2D eigenvalue weighted by molar-refractivity contribution is 7.89. The van der Waals surface area contributed by atoms with Crippen LogP contribution < -0.4 is 10.5 Å². The first kappa shape index (κ1) is 19.8. The lowest BCUT2D eigenvalue weighted by molar-refractivity contribution is -0.116. The molecule has 0 aliphatic rings. The van der Waals surface area contributed by atoms with Crippen LogP contribution in [0.2, 0.25) is 0 Å². The van der Waals surface area contributed by atoms with Crippen LogP contribution in [-0.4, -0.2) is 20.1 Å². The van der Waals surface area contributed by atoms with Gasteiger partial charge in [-0.2, -0.15) is 0 Å². The molecule has 0 aliphatic heterocycles. The zero-order valence-electron chi connectivity index (χ0n) is 14.6. The van der Waals surface area contributed by atoms with Gasteiger partial charge in [0.05, 0.1) is 4.90 Å². The van der Waals surface area contributed by atoms with E-state index in [1.54, 1.807) is 12.1 Å². The largest absolute Gasteiger partial charge is 0.326 e. The number of sulfonamides is 1. The summed E-state index contributed by atoms with van der Waals surface area (Å²) < 4.78 is 22.4. The molecular formula is C19H22N2O4S. The molecule has 0 saturated heterocycles. The van der Waals surface area contributed by atoms with Crippen molar-refractivity contribution in [3.63, 3.8) is 0 Å². The monoisotopic (exact) mass is 374 g/mol. The number of carbonyl (C=O) groups excluding carboxylic acids is 2. The number of hydrogen-bond acceptors (Lipinski definition) is 4. The van der Waals surface area contributed by atoms with Crippen LogP contribution in [0.4, 0.5) is 5.69 Å². The number of anilines is 1. The van der Waals surface area contributed by atoms with E-state index in [-0.39, 0.29) is 29.4 Å². The van der Waals surface area contributed by atoms with Crippen LogP contribution in [0.15, 0.2) is 53.4 Å². The summed E-state index contributed by atoms with van der Waals surface area (Å²) in [6.07, 6.45) is 2.17. The topological polar surface area (TPSA) is 106 Å². The van der Waals surface area contributed by atoms with Gasteiger partial charge < -0.3 is 5.32 Å². The molecule has 0 fully saturated rings. The zero-order valence-corrected chi connectivity index (χ0v) is 15.4.